The zero-order chi connectivity index (χ0) is 18.9. The highest BCUT2D eigenvalue weighted by molar-refractivity contribution is 7.88. The lowest BCUT2D eigenvalue weighted by atomic mass is 10.2. The SMILES string of the molecule is O=S(=O)(Cc1ccc(F)cc1)NCCc1csc2nc(-c3cccs3)nn12. The molecule has 0 atom stereocenters. The van der Waals surface area contributed by atoms with Crippen LogP contribution in [0.5, 0.6) is 0 Å². The number of halogens is 1. The number of aromatic nitrogens is 3. The van der Waals surface area contributed by atoms with Crippen LogP contribution in [0, 0.1) is 5.82 Å². The highest BCUT2D eigenvalue weighted by Crippen LogP contribution is 2.24. The number of hydrogen-bond donors (Lipinski definition) is 1. The molecule has 140 valence electrons. The Labute approximate surface area is 163 Å². The summed E-state index contributed by atoms with van der Waals surface area (Å²) in [4.78, 5) is 6.28. The molecule has 0 bridgehead atoms. The standard InChI is InChI=1S/C17H15FN4O2S3/c18-13-5-3-12(4-6-13)11-27(23,24)19-8-7-14-10-26-17-20-16(21-22(14)17)15-2-1-9-25-15/h1-6,9-10,19H,7-8,11H2. The molecule has 3 heterocycles. The van der Waals surface area contributed by atoms with Gasteiger partial charge in [-0.15, -0.1) is 27.8 Å². The summed E-state index contributed by atoms with van der Waals surface area (Å²) in [5, 5.41) is 8.43. The van der Waals surface area contributed by atoms with Crippen molar-refractivity contribution in [2.45, 2.75) is 12.2 Å². The molecule has 0 amide bonds. The Morgan fingerprint density at radius 3 is 2.70 bits per heavy atom. The number of fused-ring (bicyclic) bond motifs is 1. The summed E-state index contributed by atoms with van der Waals surface area (Å²) >= 11 is 3.05. The van der Waals surface area contributed by atoms with E-state index in [-0.39, 0.29) is 18.1 Å². The molecule has 4 rings (SSSR count). The molecular weight excluding hydrogens is 407 g/mol. The lowest BCUT2D eigenvalue weighted by Crippen LogP contribution is -2.27. The van der Waals surface area contributed by atoms with Crippen LogP contribution < -0.4 is 4.72 Å². The fourth-order valence-electron chi connectivity index (χ4n) is 2.59. The summed E-state index contributed by atoms with van der Waals surface area (Å²) in [6.45, 7) is 0.254. The van der Waals surface area contributed by atoms with Gasteiger partial charge in [0, 0.05) is 18.3 Å². The molecule has 1 N–H and O–H groups in total. The Hall–Kier alpha value is -2.14. The Kier molecular flexibility index (Phi) is 5.04. The molecule has 0 radical (unpaired) electrons. The molecule has 10 heteroatoms. The minimum Gasteiger partial charge on any atom is -0.215 e. The smallest absolute Gasteiger partial charge is 0.215 e. The van der Waals surface area contributed by atoms with Crippen molar-refractivity contribution in [3.63, 3.8) is 0 Å². The van der Waals surface area contributed by atoms with E-state index in [0.717, 1.165) is 15.5 Å². The second-order valence-electron chi connectivity index (χ2n) is 5.86. The number of thiazole rings is 1. The fraction of sp³-hybridized carbons (Fsp3) is 0.176. The van der Waals surface area contributed by atoms with Gasteiger partial charge in [0.15, 0.2) is 5.82 Å². The third-order valence-electron chi connectivity index (χ3n) is 3.86. The second kappa shape index (κ2) is 7.47. The molecule has 0 spiro atoms. The van der Waals surface area contributed by atoms with Gasteiger partial charge in [0.2, 0.25) is 15.0 Å². The quantitative estimate of drug-likeness (QED) is 0.496. The summed E-state index contributed by atoms with van der Waals surface area (Å²) in [6.07, 6.45) is 0.496. The number of nitrogens with zero attached hydrogens (tertiary/aromatic N) is 3. The maximum absolute atomic E-state index is 12.9. The average molecular weight is 423 g/mol. The Balaban J connectivity index is 1.40. The van der Waals surface area contributed by atoms with Crippen molar-refractivity contribution in [3.8, 4) is 10.7 Å². The first kappa shape index (κ1) is 18.2. The normalized spacial score (nSPS) is 12.0. The molecule has 0 saturated carbocycles. The predicted octanol–water partition coefficient (Wildman–Crippen LogP) is 3.32. The van der Waals surface area contributed by atoms with Crippen LogP contribution in [0.15, 0.2) is 47.2 Å². The lowest BCUT2D eigenvalue weighted by Gasteiger charge is -2.06. The zero-order valence-electron chi connectivity index (χ0n) is 14.0. The van der Waals surface area contributed by atoms with E-state index in [2.05, 4.69) is 14.8 Å². The molecule has 6 nitrogen and oxygen atoms in total. The van der Waals surface area contributed by atoms with E-state index in [9.17, 15) is 12.8 Å². The minimum absolute atomic E-state index is 0.182. The van der Waals surface area contributed by atoms with Crippen LogP contribution in [0.25, 0.3) is 15.7 Å². The summed E-state index contributed by atoms with van der Waals surface area (Å²) in [5.41, 5.74) is 1.44. The van der Waals surface area contributed by atoms with E-state index in [0.29, 0.717) is 17.8 Å². The van der Waals surface area contributed by atoms with Crippen molar-refractivity contribution < 1.29 is 12.8 Å². The van der Waals surface area contributed by atoms with Crippen LogP contribution in [-0.2, 0) is 22.2 Å². The van der Waals surface area contributed by atoms with Crippen LogP contribution >= 0.6 is 22.7 Å². The molecule has 1 aromatic carbocycles. The number of hydrogen-bond acceptors (Lipinski definition) is 6. The van der Waals surface area contributed by atoms with Gasteiger partial charge < -0.3 is 0 Å². The monoisotopic (exact) mass is 422 g/mol. The first-order chi connectivity index (χ1) is 13.0. The third kappa shape index (κ3) is 4.24. The molecule has 0 aliphatic rings. The minimum atomic E-state index is -3.50. The molecular formula is C17H15FN4O2S3. The van der Waals surface area contributed by atoms with Crippen LogP contribution in [0.3, 0.4) is 0 Å². The van der Waals surface area contributed by atoms with Crippen molar-refractivity contribution >= 4 is 37.7 Å². The molecule has 0 aliphatic carbocycles. The van der Waals surface area contributed by atoms with E-state index in [4.69, 9.17) is 0 Å². The van der Waals surface area contributed by atoms with Crippen LogP contribution in [0.2, 0.25) is 0 Å². The first-order valence-electron chi connectivity index (χ1n) is 8.09. The molecule has 0 aliphatic heterocycles. The predicted molar refractivity (Wildman–Crippen MR) is 105 cm³/mol. The van der Waals surface area contributed by atoms with Gasteiger partial charge in [-0.3, -0.25) is 0 Å². The van der Waals surface area contributed by atoms with Gasteiger partial charge in [-0.05, 0) is 29.1 Å². The van der Waals surface area contributed by atoms with Crippen molar-refractivity contribution in [3.05, 3.63) is 64.2 Å². The van der Waals surface area contributed by atoms with Gasteiger partial charge in [-0.1, -0.05) is 18.2 Å². The molecule has 0 unspecified atom stereocenters. The van der Waals surface area contributed by atoms with Gasteiger partial charge in [0.1, 0.15) is 5.82 Å². The Bertz CT molecular complexity index is 1150. The highest BCUT2D eigenvalue weighted by Gasteiger charge is 2.14. The van der Waals surface area contributed by atoms with Crippen molar-refractivity contribution in [2.75, 3.05) is 6.54 Å². The largest absolute Gasteiger partial charge is 0.215 e. The summed E-state index contributed by atoms with van der Waals surface area (Å²) in [5.74, 6) is 0.105. The van der Waals surface area contributed by atoms with Crippen LogP contribution in [0.4, 0.5) is 4.39 Å². The molecule has 0 saturated heterocycles. The third-order valence-corrected chi connectivity index (χ3v) is 6.95. The lowest BCUT2D eigenvalue weighted by molar-refractivity contribution is 0.579. The Morgan fingerprint density at radius 1 is 1.15 bits per heavy atom. The maximum Gasteiger partial charge on any atom is 0.215 e. The van der Waals surface area contributed by atoms with E-state index in [1.807, 2.05) is 22.9 Å². The van der Waals surface area contributed by atoms with Gasteiger partial charge in [-0.25, -0.2) is 22.0 Å². The van der Waals surface area contributed by atoms with Gasteiger partial charge in [0.05, 0.1) is 16.3 Å². The second-order valence-corrected chi connectivity index (χ2v) is 9.46. The maximum atomic E-state index is 12.9. The number of benzene rings is 1. The molecule has 4 aromatic rings. The first-order valence-corrected chi connectivity index (χ1v) is 11.5. The molecule has 3 aromatic heterocycles. The summed E-state index contributed by atoms with van der Waals surface area (Å²) in [6, 6.07) is 9.36. The van der Waals surface area contributed by atoms with Crippen molar-refractivity contribution in [1.82, 2.24) is 19.3 Å². The summed E-state index contributed by atoms with van der Waals surface area (Å²) < 4.78 is 41.7. The van der Waals surface area contributed by atoms with Gasteiger partial charge in [-0.2, -0.15) is 4.98 Å². The summed E-state index contributed by atoms with van der Waals surface area (Å²) in [7, 11) is -3.50. The van der Waals surface area contributed by atoms with Crippen LogP contribution in [-0.4, -0.2) is 29.6 Å². The average Bonchev–Trinajstić information content (AvgIpc) is 3.34. The number of nitrogens with one attached hydrogen (secondary N) is 1. The van der Waals surface area contributed by atoms with Crippen LogP contribution in [0.1, 0.15) is 11.3 Å². The number of thiophene rings is 1. The van der Waals surface area contributed by atoms with Crippen molar-refractivity contribution in [2.24, 2.45) is 0 Å². The van der Waals surface area contributed by atoms with E-state index < -0.39 is 10.0 Å². The van der Waals surface area contributed by atoms with Gasteiger partial charge in [0.25, 0.3) is 0 Å². The fourth-order valence-corrected chi connectivity index (χ4v) is 5.25. The number of sulfonamides is 1. The number of rotatable bonds is 7. The van der Waals surface area contributed by atoms with E-state index in [1.54, 1.807) is 15.9 Å². The molecule has 27 heavy (non-hydrogen) atoms. The van der Waals surface area contributed by atoms with Gasteiger partial charge >= 0.3 is 0 Å². The topological polar surface area (TPSA) is 76.4 Å². The van der Waals surface area contributed by atoms with E-state index >= 15 is 0 Å². The zero-order valence-corrected chi connectivity index (χ0v) is 16.5. The Morgan fingerprint density at radius 2 is 1.96 bits per heavy atom. The molecule has 0 fully saturated rings. The van der Waals surface area contributed by atoms with E-state index in [1.165, 1.54) is 35.6 Å². The highest BCUT2D eigenvalue weighted by atomic mass is 32.2. The van der Waals surface area contributed by atoms with Crippen molar-refractivity contribution in [1.29, 1.82) is 0 Å².